The van der Waals surface area contributed by atoms with Crippen LogP contribution in [-0.2, 0) is 6.42 Å². The van der Waals surface area contributed by atoms with Gasteiger partial charge in [-0.1, -0.05) is 24.3 Å². The SMILES string of the molecule is O=C(c1ccn[nH]1)N1CCC(c2cccc(Cc3ccccc3F)n2)CC1. The van der Waals surface area contributed by atoms with Crippen LogP contribution in [-0.4, -0.2) is 39.1 Å². The predicted molar refractivity (Wildman–Crippen MR) is 99.9 cm³/mol. The van der Waals surface area contributed by atoms with Crippen molar-refractivity contribution in [2.75, 3.05) is 13.1 Å². The first kappa shape index (κ1) is 17.4. The van der Waals surface area contributed by atoms with Gasteiger partial charge in [0, 0.05) is 43.0 Å². The lowest BCUT2D eigenvalue weighted by Gasteiger charge is -2.31. The third-order valence-corrected chi connectivity index (χ3v) is 5.09. The lowest BCUT2D eigenvalue weighted by molar-refractivity contribution is 0.0706. The first-order valence-corrected chi connectivity index (χ1v) is 9.18. The Kier molecular flexibility index (Phi) is 4.96. The Balaban J connectivity index is 1.41. The van der Waals surface area contributed by atoms with E-state index in [1.165, 1.54) is 6.07 Å². The highest BCUT2D eigenvalue weighted by atomic mass is 19.1. The number of rotatable bonds is 4. The maximum atomic E-state index is 13.9. The van der Waals surface area contributed by atoms with Crippen molar-refractivity contribution in [3.63, 3.8) is 0 Å². The standard InChI is InChI=1S/C21H21FN4O/c22-18-6-2-1-4-16(18)14-17-5-3-7-19(24-17)15-9-12-26(13-10-15)21(27)20-8-11-23-25-20/h1-8,11,15H,9-10,12-14H2,(H,23,25). The van der Waals surface area contributed by atoms with Gasteiger partial charge in [-0.3, -0.25) is 14.9 Å². The predicted octanol–water partition coefficient (Wildman–Crippen LogP) is 3.55. The van der Waals surface area contributed by atoms with Crippen LogP contribution in [0.3, 0.4) is 0 Å². The number of hydrogen-bond acceptors (Lipinski definition) is 3. The van der Waals surface area contributed by atoms with Gasteiger partial charge in [0.2, 0.25) is 0 Å². The van der Waals surface area contributed by atoms with Gasteiger partial charge in [-0.05, 0) is 42.7 Å². The van der Waals surface area contributed by atoms with E-state index in [0.717, 1.165) is 24.2 Å². The fourth-order valence-corrected chi connectivity index (χ4v) is 3.58. The second-order valence-electron chi connectivity index (χ2n) is 6.86. The molecule has 0 aliphatic carbocycles. The monoisotopic (exact) mass is 364 g/mol. The molecule has 6 heteroatoms. The fourth-order valence-electron chi connectivity index (χ4n) is 3.58. The highest BCUT2D eigenvalue weighted by molar-refractivity contribution is 5.92. The number of H-pyrrole nitrogens is 1. The summed E-state index contributed by atoms with van der Waals surface area (Å²) in [4.78, 5) is 19.0. The van der Waals surface area contributed by atoms with Gasteiger partial charge in [0.05, 0.1) is 0 Å². The number of amides is 1. The molecule has 1 aliphatic rings. The van der Waals surface area contributed by atoms with Crippen molar-refractivity contribution in [3.05, 3.63) is 83.2 Å². The van der Waals surface area contributed by atoms with E-state index in [4.69, 9.17) is 4.98 Å². The Bertz CT molecular complexity index is 917. The minimum atomic E-state index is -0.199. The summed E-state index contributed by atoms with van der Waals surface area (Å²) in [6.45, 7) is 1.39. The second kappa shape index (κ2) is 7.70. The summed E-state index contributed by atoms with van der Waals surface area (Å²) in [5.74, 6) is 0.110. The van der Waals surface area contributed by atoms with Crippen LogP contribution in [0.2, 0.25) is 0 Å². The van der Waals surface area contributed by atoms with Gasteiger partial charge in [0.25, 0.3) is 5.91 Å². The zero-order chi connectivity index (χ0) is 18.6. The van der Waals surface area contributed by atoms with Crippen LogP contribution >= 0.6 is 0 Å². The van der Waals surface area contributed by atoms with E-state index in [-0.39, 0.29) is 11.7 Å². The lowest BCUT2D eigenvalue weighted by Crippen LogP contribution is -2.38. The molecule has 27 heavy (non-hydrogen) atoms. The number of piperidine rings is 1. The van der Waals surface area contributed by atoms with Crippen LogP contribution < -0.4 is 0 Å². The molecular weight excluding hydrogens is 343 g/mol. The summed E-state index contributed by atoms with van der Waals surface area (Å²) < 4.78 is 13.9. The largest absolute Gasteiger partial charge is 0.337 e. The van der Waals surface area contributed by atoms with E-state index in [2.05, 4.69) is 10.2 Å². The van der Waals surface area contributed by atoms with Crippen LogP contribution in [0.25, 0.3) is 0 Å². The number of pyridine rings is 1. The molecule has 4 rings (SSSR count). The molecule has 1 aromatic carbocycles. The smallest absolute Gasteiger partial charge is 0.271 e. The molecule has 3 aromatic rings. The minimum absolute atomic E-state index is 0.00721. The van der Waals surface area contributed by atoms with Crippen molar-refractivity contribution in [1.82, 2.24) is 20.1 Å². The first-order chi connectivity index (χ1) is 13.2. The van der Waals surface area contributed by atoms with Gasteiger partial charge in [0.1, 0.15) is 11.5 Å². The topological polar surface area (TPSA) is 61.9 Å². The van der Waals surface area contributed by atoms with Gasteiger partial charge in [-0.25, -0.2) is 4.39 Å². The van der Waals surface area contributed by atoms with E-state index in [1.54, 1.807) is 24.4 Å². The maximum absolute atomic E-state index is 13.9. The number of benzene rings is 1. The van der Waals surface area contributed by atoms with E-state index in [1.807, 2.05) is 29.2 Å². The molecule has 0 spiro atoms. The molecule has 5 nitrogen and oxygen atoms in total. The van der Waals surface area contributed by atoms with Gasteiger partial charge in [-0.2, -0.15) is 5.10 Å². The summed E-state index contributed by atoms with van der Waals surface area (Å²) in [5.41, 5.74) is 3.08. The molecule has 0 atom stereocenters. The van der Waals surface area contributed by atoms with Crippen LogP contribution in [0.1, 0.15) is 46.2 Å². The average molecular weight is 364 g/mol. The summed E-state index contributed by atoms with van der Waals surface area (Å²) in [6, 6.07) is 14.5. The molecule has 1 saturated heterocycles. The Morgan fingerprint density at radius 2 is 1.93 bits per heavy atom. The molecule has 1 aliphatic heterocycles. The molecular formula is C21H21FN4O. The zero-order valence-corrected chi connectivity index (χ0v) is 14.9. The van der Waals surface area contributed by atoms with Crippen molar-refractivity contribution < 1.29 is 9.18 Å². The molecule has 1 N–H and O–H groups in total. The van der Waals surface area contributed by atoms with Crippen molar-refractivity contribution in [1.29, 1.82) is 0 Å². The number of aromatic amines is 1. The van der Waals surface area contributed by atoms with Crippen molar-refractivity contribution in [2.45, 2.75) is 25.2 Å². The average Bonchev–Trinajstić information content (AvgIpc) is 3.24. The van der Waals surface area contributed by atoms with Crippen LogP contribution in [0.15, 0.2) is 54.7 Å². The molecule has 0 unspecified atom stereocenters. The van der Waals surface area contributed by atoms with E-state index < -0.39 is 0 Å². The van der Waals surface area contributed by atoms with Crippen molar-refractivity contribution in [3.8, 4) is 0 Å². The first-order valence-electron chi connectivity index (χ1n) is 9.18. The van der Waals surface area contributed by atoms with Crippen molar-refractivity contribution >= 4 is 5.91 Å². The Morgan fingerprint density at radius 3 is 2.67 bits per heavy atom. The van der Waals surface area contributed by atoms with Crippen LogP contribution in [0, 0.1) is 5.82 Å². The third kappa shape index (κ3) is 3.89. The highest BCUT2D eigenvalue weighted by Gasteiger charge is 2.26. The fraction of sp³-hybridized carbons (Fsp3) is 0.286. The quantitative estimate of drug-likeness (QED) is 0.770. The normalized spacial score (nSPS) is 15.1. The van der Waals surface area contributed by atoms with E-state index in [0.29, 0.717) is 36.7 Å². The lowest BCUT2D eigenvalue weighted by atomic mass is 9.92. The van der Waals surface area contributed by atoms with Gasteiger partial charge < -0.3 is 4.90 Å². The number of carbonyl (C=O) groups is 1. The highest BCUT2D eigenvalue weighted by Crippen LogP contribution is 2.27. The third-order valence-electron chi connectivity index (χ3n) is 5.09. The van der Waals surface area contributed by atoms with Crippen LogP contribution in [0.5, 0.6) is 0 Å². The maximum Gasteiger partial charge on any atom is 0.271 e. The van der Waals surface area contributed by atoms with E-state index >= 15 is 0 Å². The van der Waals surface area contributed by atoms with Gasteiger partial charge >= 0.3 is 0 Å². The molecule has 0 saturated carbocycles. The number of aromatic nitrogens is 3. The zero-order valence-electron chi connectivity index (χ0n) is 14.9. The molecule has 1 fully saturated rings. The summed E-state index contributed by atoms with van der Waals surface area (Å²) in [5, 5.41) is 6.57. The molecule has 0 radical (unpaired) electrons. The summed E-state index contributed by atoms with van der Waals surface area (Å²) in [7, 11) is 0. The van der Waals surface area contributed by atoms with Crippen LogP contribution in [0.4, 0.5) is 4.39 Å². The number of carbonyl (C=O) groups excluding carboxylic acids is 1. The number of nitrogens with one attached hydrogen (secondary N) is 1. The Hall–Kier alpha value is -3.02. The molecule has 3 heterocycles. The van der Waals surface area contributed by atoms with Gasteiger partial charge in [-0.15, -0.1) is 0 Å². The number of nitrogens with zero attached hydrogens (tertiary/aromatic N) is 3. The molecule has 2 aromatic heterocycles. The molecule has 0 bridgehead atoms. The number of halogens is 1. The minimum Gasteiger partial charge on any atom is -0.337 e. The Labute approximate surface area is 157 Å². The summed E-state index contributed by atoms with van der Waals surface area (Å²) >= 11 is 0. The molecule has 1 amide bonds. The summed E-state index contributed by atoms with van der Waals surface area (Å²) in [6.07, 6.45) is 3.81. The van der Waals surface area contributed by atoms with Gasteiger partial charge in [0.15, 0.2) is 0 Å². The van der Waals surface area contributed by atoms with Crippen molar-refractivity contribution in [2.24, 2.45) is 0 Å². The number of likely N-dealkylation sites (tertiary alicyclic amines) is 1. The number of hydrogen-bond donors (Lipinski definition) is 1. The second-order valence-corrected chi connectivity index (χ2v) is 6.86. The Morgan fingerprint density at radius 1 is 1.11 bits per heavy atom. The molecule has 138 valence electrons. The van der Waals surface area contributed by atoms with E-state index in [9.17, 15) is 9.18 Å².